The third kappa shape index (κ3) is 4.38. The van der Waals surface area contributed by atoms with Crippen LogP contribution in [0.4, 0.5) is 0 Å². The van der Waals surface area contributed by atoms with Crippen molar-refractivity contribution in [3.05, 3.63) is 41.7 Å². The molecule has 6 heteroatoms. The molecule has 1 heterocycles. The maximum Gasteiger partial charge on any atom is 0.233 e. The van der Waals surface area contributed by atoms with Gasteiger partial charge in [-0.15, -0.1) is 5.10 Å². The maximum atomic E-state index is 12.6. The average Bonchev–Trinajstić information content (AvgIpc) is 3.35. The molecule has 24 heavy (non-hydrogen) atoms. The summed E-state index contributed by atoms with van der Waals surface area (Å²) in [4.78, 5) is 17.0. The number of H-pyrrole nitrogens is 1. The average molecular weight is 344 g/mol. The molecule has 1 aromatic carbocycles. The Balaban J connectivity index is 1.58. The van der Waals surface area contributed by atoms with Gasteiger partial charge in [0.1, 0.15) is 5.82 Å². The van der Waals surface area contributed by atoms with Crippen molar-refractivity contribution in [2.75, 3.05) is 0 Å². The quantitative estimate of drug-likeness (QED) is 0.714. The third-order valence-electron chi connectivity index (χ3n) is 4.19. The Hall–Kier alpha value is -1.82. The van der Waals surface area contributed by atoms with Crippen molar-refractivity contribution in [1.82, 2.24) is 20.5 Å². The van der Waals surface area contributed by atoms with Crippen molar-refractivity contribution in [2.24, 2.45) is 0 Å². The van der Waals surface area contributed by atoms with E-state index in [2.05, 4.69) is 39.6 Å². The Kier molecular flexibility index (Phi) is 5.56. The molecule has 1 aromatic heterocycles. The van der Waals surface area contributed by atoms with Crippen molar-refractivity contribution in [3.8, 4) is 0 Å². The van der Waals surface area contributed by atoms with E-state index >= 15 is 0 Å². The molecule has 2 aromatic rings. The van der Waals surface area contributed by atoms with Crippen LogP contribution in [0.3, 0.4) is 0 Å². The smallest absolute Gasteiger partial charge is 0.233 e. The van der Waals surface area contributed by atoms with Gasteiger partial charge in [0.25, 0.3) is 0 Å². The minimum atomic E-state index is -0.226. The van der Waals surface area contributed by atoms with Gasteiger partial charge in [-0.2, -0.15) is 0 Å². The summed E-state index contributed by atoms with van der Waals surface area (Å²) in [6.07, 6.45) is 4.32. The van der Waals surface area contributed by atoms with E-state index in [-0.39, 0.29) is 17.2 Å². The van der Waals surface area contributed by atoms with Crippen LogP contribution in [0.2, 0.25) is 0 Å². The lowest BCUT2D eigenvalue weighted by atomic mass is 10.0. The summed E-state index contributed by atoms with van der Waals surface area (Å²) in [5.74, 6) is 1.53. The Morgan fingerprint density at radius 2 is 2.12 bits per heavy atom. The van der Waals surface area contributed by atoms with Gasteiger partial charge in [0.2, 0.25) is 11.1 Å². The molecule has 5 nitrogen and oxygen atoms in total. The van der Waals surface area contributed by atoms with Crippen LogP contribution in [0.1, 0.15) is 62.9 Å². The first-order valence-corrected chi connectivity index (χ1v) is 9.49. The summed E-state index contributed by atoms with van der Waals surface area (Å²) in [5, 5.41) is 10.8. The number of nitrogens with zero attached hydrogens (tertiary/aromatic N) is 2. The van der Waals surface area contributed by atoms with Crippen LogP contribution < -0.4 is 5.32 Å². The van der Waals surface area contributed by atoms with Gasteiger partial charge in [-0.25, -0.2) is 4.98 Å². The van der Waals surface area contributed by atoms with Crippen LogP contribution in [0.5, 0.6) is 0 Å². The van der Waals surface area contributed by atoms with Crippen molar-refractivity contribution in [3.63, 3.8) is 0 Å². The monoisotopic (exact) mass is 344 g/mol. The third-order valence-corrected chi connectivity index (χ3v) is 5.15. The molecule has 1 saturated carbocycles. The second-order valence-corrected chi connectivity index (χ2v) is 7.61. The Labute approximate surface area is 147 Å². The molecule has 1 aliphatic carbocycles. The lowest BCUT2D eigenvalue weighted by Gasteiger charge is -2.20. The number of aromatic nitrogens is 3. The summed E-state index contributed by atoms with van der Waals surface area (Å²) in [5.41, 5.74) is 1.15. The molecule has 2 N–H and O–H groups in total. The van der Waals surface area contributed by atoms with E-state index in [9.17, 15) is 4.79 Å². The molecule has 0 spiro atoms. The zero-order valence-corrected chi connectivity index (χ0v) is 15.0. The number of thioether (sulfide) groups is 1. The summed E-state index contributed by atoms with van der Waals surface area (Å²) >= 11 is 1.41. The number of benzene rings is 1. The lowest BCUT2D eigenvalue weighted by Crippen LogP contribution is -2.34. The van der Waals surface area contributed by atoms with E-state index < -0.39 is 0 Å². The minimum absolute atomic E-state index is 0.0278. The molecule has 0 aliphatic heterocycles. The summed E-state index contributed by atoms with van der Waals surface area (Å²) < 4.78 is 0. The van der Waals surface area contributed by atoms with Crippen LogP contribution in [-0.2, 0) is 4.79 Å². The number of aromatic amines is 1. The SMILES string of the molecule is CCCC(NC(=O)C(C)Sc1n[nH]c(C2CC2)n1)c1ccccc1. The largest absolute Gasteiger partial charge is 0.348 e. The van der Waals surface area contributed by atoms with E-state index in [0.717, 1.165) is 24.2 Å². The van der Waals surface area contributed by atoms with Gasteiger partial charge in [-0.3, -0.25) is 9.89 Å². The fourth-order valence-corrected chi connectivity index (χ4v) is 3.39. The van der Waals surface area contributed by atoms with Gasteiger partial charge in [0.15, 0.2) is 0 Å². The summed E-state index contributed by atoms with van der Waals surface area (Å²) in [7, 11) is 0. The summed E-state index contributed by atoms with van der Waals surface area (Å²) in [6, 6.07) is 10.2. The van der Waals surface area contributed by atoms with Crippen LogP contribution in [-0.4, -0.2) is 26.3 Å². The molecule has 2 unspecified atom stereocenters. The number of hydrogen-bond acceptors (Lipinski definition) is 4. The van der Waals surface area contributed by atoms with Crippen molar-refractivity contribution in [2.45, 2.75) is 61.9 Å². The molecular weight excluding hydrogens is 320 g/mol. The minimum Gasteiger partial charge on any atom is -0.348 e. The molecular formula is C18H24N4OS. The number of nitrogens with one attached hydrogen (secondary N) is 2. The highest BCUT2D eigenvalue weighted by molar-refractivity contribution is 8.00. The fourth-order valence-electron chi connectivity index (χ4n) is 2.65. The normalized spacial score (nSPS) is 16.6. The fraction of sp³-hybridized carbons (Fsp3) is 0.500. The number of hydrogen-bond donors (Lipinski definition) is 2. The van der Waals surface area contributed by atoms with E-state index in [1.165, 1.54) is 24.6 Å². The second-order valence-electron chi connectivity index (χ2n) is 6.30. The number of carbonyl (C=O) groups excluding carboxylic acids is 1. The first-order chi connectivity index (χ1) is 11.7. The number of amides is 1. The standard InChI is InChI=1S/C18H24N4OS/c1-3-7-15(13-8-5-4-6-9-13)19-17(23)12(2)24-18-20-16(21-22-18)14-10-11-14/h4-6,8-9,12,14-15H,3,7,10-11H2,1-2H3,(H,19,23)(H,20,21,22). The van der Waals surface area contributed by atoms with Gasteiger partial charge in [-0.05, 0) is 31.7 Å². The number of rotatable bonds is 8. The van der Waals surface area contributed by atoms with Crippen molar-refractivity contribution >= 4 is 17.7 Å². The van der Waals surface area contributed by atoms with E-state index in [1.54, 1.807) is 0 Å². The zero-order valence-electron chi connectivity index (χ0n) is 14.2. The Morgan fingerprint density at radius 1 is 1.38 bits per heavy atom. The molecule has 3 rings (SSSR count). The van der Waals surface area contributed by atoms with Gasteiger partial charge in [0, 0.05) is 5.92 Å². The van der Waals surface area contributed by atoms with Crippen LogP contribution >= 0.6 is 11.8 Å². The van der Waals surface area contributed by atoms with Crippen molar-refractivity contribution < 1.29 is 4.79 Å². The lowest BCUT2D eigenvalue weighted by molar-refractivity contribution is -0.121. The first kappa shape index (κ1) is 17.0. The molecule has 1 amide bonds. The molecule has 2 atom stereocenters. The Bertz CT molecular complexity index is 669. The molecule has 0 saturated heterocycles. The Morgan fingerprint density at radius 3 is 2.79 bits per heavy atom. The highest BCUT2D eigenvalue weighted by atomic mass is 32.2. The molecule has 0 bridgehead atoms. The summed E-state index contributed by atoms with van der Waals surface area (Å²) in [6.45, 7) is 4.04. The van der Waals surface area contributed by atoms with E-state index in [4.69, 9.17) is 0 Å². The highest BCUT2D eigenvalue weighted by Gasteiger charge is 2.28. The van der Waals surface area contributed by atoms with Crippen LogP contribution in [0.15, 0.2) is 35.5 Å². The molecule has 0 radical (unpaired) electrons. The zero-order chi connectivity index (χ0) is 16.9. The van der Waals surface area contributed by atoms with Crippen molar-refractivity contribution in [1.29, 1.82) is 0 Å². The van der Waals surface area contributed by atoms with Gasteiger partial charge >= 0.3 is 0 Å². The van der Waals surface area contributed by atoms with Gasteiger partial charge < -0.3 is 5.32 Å². The molecule has 128 valence electrons. The second kappa shape index (κ2) is 7.83. The predicted octanol–water partition coefficient (Wildman–Crippen LogP) is 3.82. The van der Waals surface area contributed by atoms with Gasteiger partial charge in [0.05, 0.1) is 11.3 Å². The first-order valence-electron chi connectivity index (χ1n) is 8.61. The van der Waals surface area contributed by atoms with Crippen LogP contribution in [0.25, 0.3) is 0 Å². The van der Waals surface area contributed by atoms with Crippen LogP contribution in [0, 0.1) is 0 Å². The molecule has 1 fully saturated rings. The van der Waals surface area contributed by atoms with E-state index in [0.29, 0.717) is 11.1 Å². The molecule has 1 aliphatic rings. The van der Waals surface area contributed by atoms with E-state index in [1.807, 2.05) is 25.1 Å². The number of carbonyl (C=O) groups is 1. The highest BCUT2D eigenvalue weighted by Crippen LogP contribution is 2.38. The maximum absolute atomic E-state index is 12.6. The predicted molar refractivity (Wildman–Crippen MR) is 95.9 cm³/mol. The van der Waals surface area contributed by atoms with Gasteiger partial charge in [-0.1, -0.05) is 55.4 Å². The topological polar surface area (TPSA) is 70.7 Å².